The highest BCUT2D eigenvalue weighted by molar-refractivity contribution is 5.76. The molecule has 0 radical (unpaired) electrons. The molecule has 1 aliphatic heterocycles. The largest absolute Gasteiger partial charge is 0.338 e. The van der Waals surface area contributed by atoms with Gasteiger partial charge in [-0.2, -0.15) is 0 Å². The van der Waals surface area contributed by atoms with Crippen molar-refractivity contribution in [1.82, 2.24) is 4.90 Å². The lowest BCUT2D eigenvalue weighted by atomic mass is 9.98. The Labute approximate surface area is 120 Å². The van der Waals surface area contributed by atoms with Crippen molar-refractivity contribution in [3.8, 4) is 0 Å². The molecule has 2 N–H and O–H groups in total. The highest BCUT2D eigenvalue weighted by Crippen LogP contribution is 2.23. The standard InChI is InChI=1S/C16H23FN2O/c1-2-12-4-6-16(20)19(8-7-12)11-14-5-3-13(10-18)9-15(14)17/h3,5,9,12H,2,4,6-8,10-11,18H2,1H3. The van der Waals surface area contributed by atoms with E-state index in [2.05, 4.69) is 6.92 Å². The smallest absolute Gasteiger partial charge is 0.222 e. The molecule has 1 atom stereocenters. The summed E-state index contributed by atoms with van der Waals surface area (Å²) in [7, 11) is 0. The summed E-state index contributed by atoms with van der Waals surface area (Å²) >= 11 is 0. The molecule has 1 aliphatic rings. The first-order valence-electron chi connectivity index (χ1n) is 7.39. The van der Waals surface area contributed by atoms with E-state index < -0.39 is 0 Å². The zero-order chi connectivity index (χ0) is 14.5. The molecule has 1 amide bonds. The number of hydrogen-bond acceptors (Lipinski definition) is 2. The lowest BCUT2D eigenvalue weighted by Crippen LogP contribution is -2.30. The zero-order valence-electron chi connectivity index (χ0n) is 12.1. The first-order valence-corrected chi connectivity index (χ1v) is 7.39. The summed E-state index contributed by atoms with van der Waals surface area (Å²) in [6.45, 7) is 3.59. The Hall–Kier alpha value is -1.42. The predicted octanol–water partition coefficient (Wildman–Crippen LogP) is 2.82. The molecule has 4 heteroatoms. The van der Waals surface area contributed by atoms with Gasteiger partial charge in [-0.3, -0.25) is 4.79 Å². The van der Waals surface area contributed by atoms with Crippen molar-refractivity contribution in [2.45, 2.75) is 45.7 Å². The summed E-state index contributed by atoms with van der Waals surface area (Å²) in [5, 5.41) is 0. The molecule has 20 heavy (non-hydrogen) atoms. The molecule has 1 unspecified atom stereocenters. The third kappa shape index (κ3) is 3.57. The van der Waals surface area contributed by atoms with Crippen molar-refractivity contribution >= 4 is 5.91 Å². The Balaban J connectivity index is 2.06. The van der Waals surface area contributed by atoms with Crippen LogP contribution in [0, 0.1) is 11.7 Å². The minimum atomic E-state index is -0.267. The molecule has 0 aromatic heterocycles. The van der Waals surface area contributed by atoms with Crippen molar-refractivity contribution in [3.63, 3.8) is 0 Å². The molecule has 110 valence electrons. The number of likely N-dealkylation sites (tertiary alicyclic amines) is 1. The van der Waals surface area contributed by atoms with Gasteiger partial charge in [0.05, 0.1) is 0 Å². The van der Waals surface area contributed by atoms with E-state index >= 15 is 0 Å². The fourth-order valence-electron chi connectivity index (χ4n) is 2.72. The van der Waals surface area contributed by atoms with Crippen LogP contribution in [0.1, 0.15) is 43.7 Å². The molecule has 1 saturated heterocycles. The highest BCUT2D eigenvalue weighted by atomic mass is 19.1. The predicted molar refractivity (Wildman–Crippen MR) is 77.3 cm³/mol. The summed E-state index contributed by atoms with van der Waals surface area (Å²) in [6.07, 6.45) is 3.67. The number of halogens is 1. The average molecular weight is 278 g/mol. The molecule has 1 aromatic rings. The topological polar surface area (TPSA) is 46.3 Å². The van der Waals surface area contributed by atoms with Crippen LogP contribution >= 0.6 is 0 Å². The Morgan fingerprint density at radius 2 is 2.20 bits per heavy atom. The number of benzene rings is 1. The molecule has 0 spiro atoms. The van der Waals surface area contributed by atoms with Crippen molar-refractivity contribution in [1.29, 1.82) is 0 Å². The summed E-state index contributed by atoms with van der Waals surface area (Å²) in [5.74, 6) is 0.494. The van der Waals surface area contributed by atoms with Crippen LogP contribution in [-0.2, 0) is 17.9 Å². The van der Waals surface area contributed by atoms with Gasteiger partial charge < -0.3 is 10.6 Å². The van der Waals surface area contributed by atoms with Gasteiger partial charge in [0.2, 0.25) is 5.91 Å². The highest BCUT2D eigenvalue weighted by Gasteiger charge is 2.22. The Kier molecular flexibility index (Phi) is 5.12. The summed E-state index contributed by atoms with van der Waals surface area (Å²) in [4.78, 5) is 13.9. The van der Waals surface area contributed by atoms with Gasteiger partial charge in [-0.25, -0.2) is 4.39 Å². The Bertz CT molecular complexity index is 476. The van der Waals surface area contributed by atoms with E-state index in [-0.39, 0.29) is 11.7 Å². The third-order valence-corrected chi connectivity index (χ3v) is 4.22. The van der Waals surface area contributed by atoms with Gasteiger partial charge in [-0.1, -0.05) is 25.5 Å². The van der Waals surface area contributed by atoms with Gasteiger partial charge in [-0.05, 0) is 30.4 Å². The quantitative estimate of drug-likeness (QED) is 0.920. The lowest BCUT2D eigenvalue weighted by molar-refractivity contribution is -0.131. The fraction of sp³-hybridized carbons (Fsp3) is 0.562. The number of carbonyl (C=O) groups is 1. The van der Waals surface area contributed by atoms with Crippen molar-refractivity contribution < 1.29 is 9.18 Å². The van der Waals surface area contributed by atoms with E-state index in [4.69, 9.17) is 5.73 Å². The zero-order valence-corrected chi connectivity index (χ0v) is 12.1. The molecule has 0 bridgehead atoms. The second-order valence-corrected chi connectivity index (χ2v) is 5.55. The van der Waals surface area contributed by atoms with Crippen molar-refractivity contribution in [2.75, 3.05) is 6.54 Å². The van der Waals surface area contributed by atoms with Gasteiger partial charge in [0.15, 0.2) is 0 Å². The first-order chi connectivity index (χ1) is 9.63. The molecule has 1 fully saturated rings. The average Bonchev–Trinajstić information content (AvgIpc) is 2.63. The number of hydrogen-bond donors (Lipinski definition) is 1. The fourth-order valence-corrected chi connectivity index (χ4v) is 2.72. The number of carbonyl (C=O) groups excluding carboxylic acids is 1. The third-order valence-electron chi connectivity index (χ3n) is 4.22. The van der Waals surface area contributed by atoms with Gasteiger partial charge in [0, 0.05) is 31.6 Å². The summed E-state index contributed by atoms with van der Waals surface area (Å²) in [6, 6.07) is 5.04. The van der Waals surface area contributed by atoms with Crippen LogP contribution in [0.25, 0.3) is 0 Å². The number of nitrogens with zero attached hydrogens (tertiary/aromatic N) is 1. The molecule has 0 saturated carbocycles. The maximum atomic E-state index is 14.0. The Morgan fingerprint density at radius 3 is 2.85 bits per heavy atom. The normalized spacial score (nSPS) is 20.1. The van der Waals surface area contributed by atoms with Crippen molar-refractivity contribution in [2.24, 2.45) is 11.7 Å². The summed E-state index contributed by atoms with van der Waals surface area (Å²) in [5.41, 5.74) is 6.85. The van der Waals surface area contributed by atoms with Gasteiger partial charge in [0.1, 0.15) is 5.82 Å². The van der Waals surface area contributed by atoms with Crippen LogP contribution < -0.4 is 5.73 Å². The maximum absolute atomic E-state index is 14.0. The van der Waals surface area contributed by atoms with E-state index in [0.717, 1.165) is 31.4 Å². The minimum Gasteiger partial charge on any atom is -0.338 e. The number of rotatable bonds is 4. The number of amides is 1. The monoisotopic (exact) mass is 278 g/mol. The van der Waals surface area contributed by atoms with Crippen molar-refractivity contribution in [3.05, 3.63) is 35.1 Å². The number of nitrogens with two attached hydrogens (primary N) is 1. The molecule has 3 nitrogen and oxygen atoms in total. The van der Waals surface area contributed by atoms with Crippen LogP contribution in [-0.4, -0.2) is 17.4 Å². The second kappa shape index (κ2) is 6.84. The molecule has 0 aliphatic carbocycles. The lowest BCUT2D eigenvalue weighted by Gasteiger charge is -2.21. The van der Waals surface area contributed by atoms with Gasteiger partial charge in [0.25, 0.3) is 0 Å². The Morgan fingerprint density at radius 1 is 1.40 bits per heavy atom. The maximum Gasteiger partial charge on any atom is 0.222 e. The molecule has 2 rings (SSSR count). The molecule has 1 aromatic carbocycles. The summed E-state index contributed by atoms with van der Waals surface area (Å²) < 4.78 is 14.0. The van der Waals surface area contributed by atoms with Crippen LogP contribution in [0.3, 0.4) is 0 Å². The van der Waals surface area contributed by atoms with E-state index in [1.54, 1.807) is 11.0 Å². The molecular formula is C16H23FN2O. The molecule has 1 heterocycles. The van der Waals surface area contributed by atoms with E-state index in [1.165, 1.54) is 6.07 Å². The van der Waals surface area contributed by atoms with Crippen LogP contribution in [0.2, 0.25) is 0 Å². The van der Waals surface area contributed by atoms with Gasteiger partial charge in [-0.15, -0.1) is 0 Å². The van der Waals surface area contributed by atoms with Crippen LogP contribution in [0.4, 0.5) is 4.39 Å². The van der Waals surface area contributed by atoms with E-state index in [0.29, 0.717) is 31.0 Å². The first kappa shape index (κ1) is 15.0. The second-order valence-electron chi connectivity index (χ2n) is 5.55. The van der Waals surface area contributed by atoms with Gasteiger partial charge >= 0.3 is 0 Å². The van der Waals surface area contributed by atoms with Crippen LogP contribution in [0.5, 0.6) is 0 Å². The minimum absolute atomic E-state index is 0.142. The molecular weight excluding hydrogens is 255 g/mol. The van der Waals surface area contributed by atoms with E-state index in [1.807, 2.05) is 6.07 Å². The SMILES string of the molecule is CCC1CCC(=O)N(Cc2ccc(CN)cc2F)CC1. The van der Waals surface area contributed by atoms with E-state index in [9.17, 15) is 9.18 Å². The van der Waals surface area contributed by atoms with Crippen LogP contribution in [0.15, 0.2) is 18.2 Å².